The van der Waals surface area contributed by atoms with Gasteiger partial charge in [0, 0.05) is 15.2 Å². The lowest BCUT2D eigenvalue weighted by molar-refractivity contribution is -0.145. The molecule has 0 atom stereocenters. The van der Waals surface area contributed by atoms with Gasteiger partial charge in [0.15, 0.2) is 18.1 Å². The zero-order valence-corrected chi connectivity index (χ0v) is 20.2. The van der Waals surface area contributed by atoms with Crippen LogP contribution in [0.25, 0.3) is 6.08 Å². The molecule has 7 nitrogen and oxygen atoms in total. The van der Waals surface area contributed by atoms with Crippen LogP contribution in [0, 0.1) is 18.3 Å². The molecule has 2 aromatic rings. The second kappa shape index (κ2) is 12.1. The van der Waals surface area contributed by atoms with Gasteiger partial charge in [-0.05, 0) is 62.2 Å². The van der Waals surface area contributed by atoms with Gasteiger partial charge in [-0.3, -0.25) is 4.79 Å². The molecule has 0 aromatic heterocycles. The summed E-state index contributed by atoms with van der Waals surface area (Å²) in [6.45, 7) is 5.68. The largest absolute Gasteiger partial charge is 0.490 e. The smallest absolute Gasteiger partial charge is 0.344 e. The first-order valence-electron chi connectivity index (χ1n) is 9.73. The first-order valence-corrected chi connectivity index (χ1v) is 10.9. The molecular weight excluding hydrogens is 500 g/mol. The van der Waals surface area contributed by atoms with Crippen LogP contribution in [-0.4, -0.2) is 31.7 Å². The molecule has 0 aliphatic carbocycles. The van der Waals surface area contributed by atoms with Crippen LogP contribution in [0.3, 0.4) is 0 Å². The number of rotatable bonds is 9. The molecule has 0 radical (unpaired) electrons. The average molecular weight is 522 g/mol. The first kappa shape index (κ1) is 25.2. The SMILES string of the molecule is CCOC(=O)COc1cc(Br)c(/C=C(/C#N)C(=O)Nc2ccc(C)c(Cl)c2)cc1OCC. The number of nitrogens with one attached hydrogen (secondary N) is 1. The minimum absolute atomic E-state index is 0.120. The number of ether oxygens (including phenoxy) is 3. The maximum atomic E-state index is 12.6. The van der Waals surface area contributed by atoms with Crippen molar-refractivity contribution in [1.82, 2.24) is 0 Å². The summed E-state index contributed by atoms with van der Waals surface area (Å²) in [6.07, 6.45) is 1.42. The molecule has 2 rings (SSSR count). The van der Waals surface area contributed by atoms with Crippen LogP contribution in [-0.2, 0) is 14.3 Å². The van der Waals surface area contributed by atoms with E-state index in [1.54, 1.807) is 44.2 Å². The van der Waals surface area contributed by atoms with E-state index >= 15 is 0 Å². The Labute approximate surface area is 200 Å². The molecular formula is C23H22BrClN2O5. The monoisotopic (exact) mass is 520 g/mol. The highest BCUT2D eigenvalue weighted by atomic mass is 79.9. The van der Waals surface area contributed by atoms with Crippen LogP contribution in [0.5, 0.6) is 11.5 Å². The topological polar surface area (TPSA) is 97.7 Å². The molecule has 0 fully saturated rings. The molecule has 1 N–H and O–H groups in total. The van der Waals surface area contributed by atoms with Crippen molar-refractivity contribution in [2.75, 3.05) is 25.1 Å². The molecule has 32 heavy (non-hydrogen) atoms. The van der Waals surface area contributed by atoms with E-state index in [4.69, 9.17) is 25.8 Å². The molecule has 0 saturated heterocycles. The molecule has 0 spiro atoms. The first-order chi connectivity index (χ1) is 15.3. The second-order valence-corrected chi connectivity index (χ2v) is 7.70. The van der Waals surface area contributed by atoms with Crippen molar-refractivity contribution in [2.24, 2.45) is 0 Å². The molecule has 1 amide bonds. The molecule has 0 heterocycles. The van der Waals surface area contributed by atoms with E-state index in [2.05, 4.69) is 21.2 Å². The Hall–Kier alpha value is -3.02. The lowest BCUT2D eigenvalue weighted by atomic mass is 10.1. The average Bonchev–Trinajstić information content (AvgIpc) is 2.75. The third-order valence-corrected chi connectivity index (χ3v) is 5.20. The van der Waals surface area contributed by atoms with Gasteiger partial charge in [-0.25, -0.2) is 4.79 Å². The fraction of sp³-hybridized carbons (Fsp3) is 0.261. The second-order valence-electron chi connectivity index (χ2n) is 6.44. The maximum absolute atomic E-state index is 12.6. The van der Waals surface area contributed by atoms with E-state index in [0.717, 1.165) is 5.56 Å². The van der Waals surface area contributed by atoms with Crippen molar-refractivity contribution in [3.8, 4) is 17.6 Å². The zero-order valence-electron chi connectivity index (χ0n) is 17.8. The van der Waals surface area contributed by atoms with E-state index in [9.17, 15) is 14.9 Å². The Kier molecular flexibility index (Phi) is 9.57. The molecule has 0 unspecified atom stereocenters. The number of anilines is 1. The number of benzene rings is 2. The summed E-state index contributed by atoms with van der Waals surface area (Å²) in [6, 6.07) is 10.2. The number of nitriles is 1. The Morgan fingerprint density at radius 3 is 2.50 bits per heavy atom. The van der Waals surface area contributed by atoms with Gasteiger partial charge in [-0.1, -0.05) is 33.6 Å². The van der Waals surface area contributed by atoms with E-state index in [0.29, 0.717) is 38.9 Å². The molecule has 0 saturated carbocycles. The van der Waals surface area contributed by atoms with Crippen molar-refractivity contribution in [3.63, 3.8) is 0 Å². The van der Waals surface area contributed by atoms with Crippen molar-refractivity contribution >= 4 is 51.2 Å². The molecule has 2 aromatic carbocycles. The standard InChI is InChI=1S/C23H22BrClN2O5/c1-4-30-20-9-15(18(24)11-21(20)32-13-22(28)31-5-2)8-16(12-26)23(29)27-17-7-6-14(3)19(25)10-17/h6-11H,4-5,13H2,1-3H3,(H,27,29)/b16-8-. The summed E-state index contributed by atoms with van der Waals surface area (Å²) in [5.41, 5.74) is 1.75. The normalized spacial score (nSPS) is 10.8. The number of carbonyl (C=O) groups excluding carboxylic acids is 2. The summed E-state index contributed by atoms with van der Waals surface area (Å²) < 4.78 is 16.5. The van der Waals surface area contributed by atoms with Crippen molar-refractivity contribution in [2.45, 2.75) is 20.8 Å². The zero-order chi connectivity index (χ0) is 23.7. The predicted octanol–water partition coefficient (Wildman–Crippen LogP) is 5.30. The van der Waals surface area contributed by atoms with Gasteiger partial charge < -0.3 is 19.5 Å². The van der Waals surface area contributed by atoms with Gasteiger partial charge in [0.1, 0.15) is 11.6 Å². The Morgan fingerprint density at radius 2 is 1.88 bits per heavy atom. The Balaban J connectivity index is 2.29. The van der Waals surface area contributed by atoms with Gasteiger partial charge in [0.25, 0.3) is 5.91 Å². The fourth-order valence-electron chi connectivity index (χ4n) is 2.56. The van der Waals surface area contributed by atoms with Crippen LogP contribution in [0.2, 0.25) is 5.02 Å². The minimum Gasteiger partial charge on any atom is -0.490 e. The summed E-state index contributed by atoms with van der Waals surface area (Å²) in [7, 11) is 0. The summed E-state index contributed by atoms with van der Waals surface area (Å²) in [5.74, 6) is -0.412. The number of esters is 1. The molecule has 0 bridgehead atoms. The van der Waals surface area contributed by atoms with Gasteiger partial charge >= 0.3 is 5.97 Å². The van der Waals surface area contributed by atoms with E-state index in [1.165, 1.54) is 6.08 Å². The number of aryl methyl sites for hydroxylation is 1. The lowest BCUT2D eigenvalue weighted by Crippen LogP contribution is -2.15. The van der Waals surface area contributed by atoms with Crippen LogP contribution in [0.1, 0.15) is 25.0 Å². The number of hydrogen-bond acceptors (Lipinski definition) is 6. The third-order valence-electron chi connectivity index (χ3n) is 4.11. The highest BCUT2D eigenvalue weighted by Crippen LogP contribution is 2.35. The summed E-state index contributed by atoms with van der Waals surface area (Å²) >= 11 is 9.50. The van der Waals surface area contributed by atoms with E-state index in [-0.39, 0.29) is 18.8 Å². The number of halogens is 2. The number of amides is 1. The van der Waals surface area contributed by atoms with Crippen molar-refractivity contribution in [3.05, 3.63) is 56.5 Å². The molecule has 0 aliphatic rings. The highest BCUT2D eigenvalue weighted by molar-refractivity contribution is 9.10. The summed E-state index contributed by atoms with van der Waals surface area (Å²) in [4.78, 5) is 24.2. The van der Waals surface area contributed by atoms with Crippen LogP contribution in [0.4, 0.5) is 5.69 Å². The van der Waals surface area contributed by atoms with E-state index < -0.39 is 11.9 Å². The van der Waals surface area contributed by atoms with Gasteiger partial charge in [0.05, 0.1) is 13.2 Å². The fourth-order valence-corrected chi connectivity index (χ4v) is 3.17. The van der Waals surface area contributed by atoms with Crippen LogP contribution in [0.15, 0.2) is 40.4 Å². The third kappa shape index (κ3) is 7.01. The minimum atomic E-state index is -0.583. The Morgan fingerprint density at radius 1 is 1.16 bits per heavy atom. The Bertz CT molecular complexity index is 1080. The van der Waals surface area contributed by atoms with Gasteiger partial charge in [0.2, 0.25) is 0 Å². The quantitative estimate of drug-likeness (QED) is 0.273. The van der Waals surface area contributed by atoms with Crippen LogP contribution < -0.4 is 14.8 Å². The number of hydrogen-bond donors (Lipinski definition) is 1. The molecule has 9 heteroatoms. The maximum Gasteiger partial charge on any atom is 0.344 e. The summed E-state index contributed by atoms with van der Waals surface area (Å²) in [5, 5.41) is 12.7. The highest BCUT2D eigenvalue weighted by Gasteiger charge is 2.15. The van der Waals surface area contributed by atoms with Crippen LogP contribution >= 0.6 is 27.5 Å². The number of carbonyl (C=O) groups is 2. The van der Waals surface area contributed by atoms with Gasteiger partial charge in [-0.15, -0.1) is 0 Å². The van der Waals surface area contributed by atoms with Crippen molar-refractivity contribution in [1.29, 1.82) is 5.26 Å². The predicted molar refractivity (Wildman–Crippen MR) is 126 cm³/mol. The molecule has 168 valence electrons. The number of nitrogens with zero attached hydrogens (tertiary/aromatic N) is 1. The molecule has 0 aliphatic heterocycles. The lowest BCUT2D eigenvalue weighted by Gasteiger charge is -2.14. The van der Waals surface area contributed by atoms with E-state index in [1.807, 2.05) is 13.0 Å². The van der Waals surface area contributed by atoms with Crippen molar-refractivity contribution < 1.29 is 23.8 Å². The van der Waals surface area contributed by atoms with Gasteiger partial charge in [-0.2, -0.15) is 5.26 Å².